The largest absolute Gasteiger partial charge is 0.315 e. The minimum atomic E-state index is -3.42. The van der Waals surface area contributed by atoms with Gasteiger partial charge in [0.1, 0.15) is 0 Å². The maximum Gasteiger partial charge on any atom is 0.243 e. The number of rotatable bonds is 3. The van der Waals surface area contributed by atoms with Crippen LogP contribution in [0.4, 0.5) is 0 Å². The molecule has 2 aliphatic heterocycles. The Balaban J connectivity index is 1.71. The van der Waals surface area contributed by atoms with Crippen molar-refractivity contribution in [1.82, 2.24) is 14.5 Å². The lowest BCUT2D eigenvalue weighted by Gasteiger charge is -2.37. The second kappa shape index (κ2) is 6.45. The van der Waals surface area contributed by atoms with Gasteiger partial charge >= 0.3 is 0 Å². The fourth-order valence-corrected chi connectivity index (χ4v) is 5.16. The summed E-state index contributed by atoms with van der Waals surface area (Å²) in [5.41, 5.74) is 0.704. The lowest BCUT2D eigenvalue weighted by atomic mass is 10.2. The summed E-state index contributed by atoms with van der Waals surface area (Å²) in [4.78, 5) is 2.77. The Labute approximate surface area is 137 Å². The van der Waals surface area contributed by atoms with E-state index in [9.17, 15) is 8.42 Å². The van der Waals surface area contributed by atoms with Gasteiger partial charge in [-0.2, -0.15) is 4.31 Å². The Hall–Kier alpha value is -0.660. The highest BCUT2D eigenvalue weighted by molar-refractivity contribution is 7.89. The highest BCUT2D eigenvalue weighted by Gasteiger charge is 2.32. The van der Waals surface area contributed by atoms with Crippen LogP contribution >= 0.6 is 11.6 Å². The molecule has 0 saturated carbocycles. The summed E-state index contributed by atoms with van der Waals surface area (Å²) in [6.07, 6.45) is 1.16. The number of benzene rings is 1. The molecule has 1 unspecified atom stereocenters. The first-order chi connectivity index (χ1) is 10.5. The lowest BCUT2D eigenvalue weighted by Crippen LogP contribution is -2.52. The van der Waals surface area contributed by atoms with Crippen LogP contribution < -0.4 is 5.32 Å². The topological polar surface area (TPSA) is 52.7 Å². The van der Waals surface area contributed by atoms with Crippen molar-refractivity contribution in [3.05, 3.63) is 28.8 Å². The van der Waals surface area contributed by atoms with Crippen LogP contribution in [-0.4, -0.2) is 62.9 Å². The smallest absolute Gasteiger partial charge is 0.243 e. The molecule has 0 radical (unpaired) electrons. The van der Waals surface area contributed by atoms with Gasteiger partial charge < -0.3 is 5.32 Å². The van der Waals surface area contributed by atoms with Crippen LogP contribution in [0, 0.1) is 6.92 Å². The zero-order valence-electron chi connectivity index (χ0n) is 12.8. The Bertz CT molecular complexity index is 636. The first kappa shape index (κ1) is 16.2. The summed E-state index contributed by atoms with van der Waals surface area (Å²) < 4.78 is 27.2. The quantitative estimate of drug-likeness (QED) is 0.899. The predicted molar refractivity (Wildman–Crippen MR) is 87.8 cm³/mol. The number of aryl methyl sites for hydroxylation is 1. The summed E-state index contributed by atoms with van der Waals surface area (Å²) >= 11 is 5.92. The van der Waals surface area contributed by atoms with Crippen molar-refractivity contribution in [3.8, 4) is 0 Å². The van der Waals surface area contributed by atoms with Crippen LogP contribution in [0.25, 0.3) is 0 Å². The molecular weight excluding hydrogens is 322 g/mol. The van der Waals surface area contributed by atoms with E-state index in [0.717, 1.165) is 32.6 Å². The van der Waals surface area contributed by atoms with E-state index < -0.39 is 10.0 Å². The Morgan fingerprint density at radius 1 is 1.23 bits per heavy atom. The molecule has 0 aromatic heterocycles. The third-order valence-corrected chi connectivity index (χ3v) is 6.87. The molecule has 1 N–H and O–H groups in total. The number of nitrogens with zero attached hydrogens (tertiary/aromatic N) is 2. The van der Waals surface area contributed by atoms with Crippen LogP contribution in [0.15, 0.2) is 23.1 Å². The zero-order valence-corrected chi connectivity index (χ0v) is 14.3. The third kappa shape index (κ3) is 3.16. The van der Waals surface area contributed by atoms with Crippen molar-refractivity contribution in [2.24, 2.45) is 0 Å². The minimum absolute atomic E-state index is 0.368. The van der Waals surface area contributed by atoms with E-state index in [1.807, 2.05) is 0 Å². The fraction of sp³-hybridized carbons (Fsp3) is 0.600. The summed E-state index contributed by atoms with van der Waals surface area (Å²) in [5.74, 6) is 0. The fourth-order valence-electron chi connectivity index (χ4n) is 3.30. The molecule has 3 rings (SSSR count). The Kier molecular flexibility index (Phi) is 4.75. The highest BCUT2D eigenvalue weighted by Crippen LogP contribution is 2.24. The number of halogens is 1. The number of sulfonamides is 1. The van der Waals surface area contributed by atoms with Gasteiger partial charge in [0, 0.05) is 43.8 Å². The normalized spacial score (nSPS) is 24.7. The number of piperazine rings is 1. The van der Waals surface area contributed by atoms with Crippen LogP contribution in [0.5, 0.6) is 0 Å². The van der Waals surface area contributed by atoms with E-state index in [4.69, 9.17) is 11.6 Å². The van der Waals surface area contributed by atoms with Crippen molar-refractivity contribution in [2.75, 3.05) is 39.3 Å². The Morgan fingerprint density at radius 3 is 2.55 bits per heavy atom. The van der Waals surface area contributed by atoms with E-state index in [1.165, 1.54) is 0 Å². The molecule has 7 heteroatoms. The molecule has 1 aromatic rings. The molecule has 2 fully saturated rings. The standard InChI is InChI=1S/C15H22ClN3O2S/c1-12-10-13(16)2-3-15(12)22(20,21)19-8-6-18(7-9-19)14-4-5-17-11-14/h2-3,10,14,17H,4-9,11H2,1H3. The second-order valence-corrected chi connectivity index (χ2v) is 8.34. The van der Waals surface area contributed by atoms with Gasteiger partial charge in [-0.05, 0) is 43.7 Å². The minimum Gasteiger partial charge on any atom is -0.315 e. The van der Waals surface area contributed by atoms with Gasteiger partial charge in [-0.15, -0.1) is 0 Å². The molecule has 0 spiro atoms. The van der Waals surface area contributed by atoms with Crippen molar-refractivity contribution in [2.45, 2.75) is 24.3 Å². The van der Waals surface area contributed by atoms with E-state index in [1.54, 1.807) is 29.4 Å². The molecular formula is C15H22ClN3O2S. The highest BCUT2D eigenvalue weighted by atomic mass is 35.5. The molecule has 2 heterocycles. The zero-order chi connectivity index (χ0) is 15.7. The van der Waals surface area contributed by atoms with Crippen LogP contribution in [0.2, 0.25) is 5.02 Å². The van der Waals surface area contributed by atoms with Crippen LogP contribution in [0.3, 0.4) is 0 Å². The monoisotopic (exact) mass is 343 g/mol. The third-order valence-electron chi connectivity index (χ3n) is 4.58. The molecule has 122 valence electrons. The molecule has 22 heavy (non-hydrogen) atoms. The number of nitrogens with one attached hydrogen (secondary N) is 1. The molecule has 5 nitrogen and oxygen atoms in total. The van der Waals surface area contributed by atoms with Crippen molar-refractivity contribution < 1.29 is 8.42 Å². The summed E-state index contributed by atoms with van der Waals surface area (Å²) in [7, 11) is -3.42. The first-order valence-electron chi connectivity index (χ1n) is 7.69. The maximum absolute atomic E-state index is 12.8. The summed E-state index contributed by atoms with van der Waals surface area (Å²) in [6, 6.07) is 5.51. The number of hydrogen-bond acceptors (Lipinski definition) is 4. The van der Waals surface area contributed by atoms with Gasteiger partial charge in [-0.25, -0.2) is 8.42 Å². The van der Waals surface area contributed by atoms with Crippen molar-refractivity contribution in [3.63, 3.8) is 0 Å². The van der Waals surface area contributed by atoms with Gasteiger partial charge in [0.2, 0.25) is 10.0 Å². The second-order valence-electron chi connectivity index (χ2n) is 6.00. The van der Waals surface area contributed by atoms with E-state index in [0.29, 0.717) is 34.6 Å². The van der Waals surface area contributed by atoms with Gasteiger partial charge in [0.15, 0.2) is 0 Å². The van der Waals surface area contributed by atoms with E-state index in [2.05, 4.69) is 10.2 Å². The van der Waals surface area contributed by atoms with Gasteiger partial charge in [-0.1, -0.05) is 11.6 Å². The van der Waals surface area contributed by atoms with Gasteiger partial charge in [-0.3, -0.25) is 4.90 Å². The van der Waals surface area contributed by atoms with Crippen LogP contribution in [0.1, 0.15) is 12.0 Å². The molecule has 0 amide bonds. The molecule has 0 bridgehead atoms. The summed E-state index contributed by atoms with van der Waals surface area (Å²) in [6.45, 7) is 6.59. The maximum atomic E-state index is 12.8. The average Bonchev–Trinajstić information content (AvgIpc) is 3.01. The average molecular weight is 344 g/mol. The molecule has 2 aliphatic rings. The Morgan fingerprint density at radius 2 is 1.95 bits per heavy atom. The van der Waals surface area contributed by atoms with Gasteiger partial charge in [0.25, 0.3) is 0 Å². The number of hydrogen-bond donors (Lipinski definition) is 1. The predicted octanol–water partition coefficient (Wildman–Crippen LogP) is 1.32. The van der Waals surface area contributed by atoms with Crippen molar-refractivity contribution in [1.29, 1.82) is 0 Å². The summed E-state index contributed by atoms with van der Waals surface area (Å²) in [5, 5.41) is 3.93. The molecule has 2 saturated heterocycles. The molecule has 1 atom stereocenters. The van der Waals surface area contributed by atoms with E-state index in [-0.39, 0.29) is 0 Å². The van der Waals surface area contributed by atoms with Crippen LogP contribution in [-0.2, 0) is 10.0 Å². The first-order valence-corrected chi connectivity index (χ1v) is 9.51. The van der Waals surface area contributed by atoms with Crippen molar-refractivity contribution >= 4 is 21.6 Å². The van der Waals surface area contributed by atoms with E-state index >= 15 is 0 Å². The molecule has 1 aromatic carbocycles. The SMILES string of the molecule is Cc1cc(Cl)ccc1S(=O)(=O)N1CCN(C2CCNC2)CC1. The lowest BCUT2D eigenvalue weighted by molar-refractivity contribution is 0.145. The molecule has 0 aliphatic carbocycles. The van der Waals surface area contributed by atoms with Gasteiger partial charge in [0.05, 0.1) is 4.90 Å².